The first-order valence-corrected chi connectivity index (χ1v) is 3.54. The Morgan fingerprint density at radius 3 is 2.25 bits per heavy atom. The molecular weight excluding hydrogens is 115 g/mol. The third-order valence-corrected chi connectivity index (χ3v) is 1.43. The summed E-state index contributed by atoms with van der Waals surface area (Å²) in [6.45, 7) is 1.89. The molecular formula is C5H7AlN2. The van der Waals surface area contributed by atoms with Crippen LogP contribution in [0.1, 0.15) is 5.82 Å². The number of nitrogens with zero attached hydrogens (tertiary/aromatic N) is 2. The molecule has 0 aliphatic carbocycles. The second kappa shape index (κ2) is 2.25. The molecule has 0 N–H and O–H groups in total. The fourth-order valence-corrected chi connectivity index (χ4v) is 0.715. The Bertz CT molecular complexity index is 149. The lowest BCUT2D eigenvalue weighted by Crippen LogP contribution is -2.04. The lowest BCUT2D eigenvalue weighted by molar-refractivity contribution is 1.06. The van der Waals surface area contributed by atoms with Gasteiger partial charge in [-0.25, -0.2) is 9.97 Å². The molecule has 40 valence electrons. The van der Waals surface area contributed by atoms with Crippen molar-refractivity contribution in [3.8, 4) is 0 Å². The predicted octanol–water partition coefficient (Wildman–Crippen LogP) is -0.957. The summed E-state index contributed by atoms with van der Waals surface area (Å²) in [6, 6.07) is 0. The van der Waals surface area contributed by atoms with Crippen LogP contribution in [-0.2, 0) is 0 Å². The standard InChI is InChI=1S/C5H5N2.Al.2H/c1-5-6-3-2-4-7-5;;;/h3-4H,1H3;;;. The summed E-state index contributed by atoms with van der Waals surface area (Å²) < 4.78 is 1.25. The average molecular weight is 122 g/mol. The normalized spacial score (nSPS) is 9.12. The molecule has 0 radical (unpaired) electrons. The molecule has 0 atom stereocenters. The van der Waals surface area contributed by atoms with Crippen LogP contribution in [0.15, 0.2) is 12.4 Å². The molecule has 0 saturated heterocycles. The van der Waals surface area contributed by atoms with E-state index in [2.05, 4.69) is 9.97 Å². The van der Waals surface area contributed by atoms with E-state index in [9.17, 15) is 0 Å². The molecule has 0 aliphatic heterocycles. The highest BCUT2D eigenvalue weighted by molar-refractivity contribution is 6.31. The Balaban J connectivity index is 3.03. The third kappa shape index (κ3) is 1.29. The highest BCUT2D eigenvalue weighted by Crippen LogP contribution is 1.76. The smallest absolute Gasteiger partial charge is 0.243 e. The third-order valence-electron chi connectivity index (χ3n) is 0.910. The number of hydrogen-bond acceptors (Lipinski definition) is 2. The monoisotopic (exact) mass is 122 g/mol. The zero-order valence-corrected chi connectivity index (χ0v) is 7.05. The molecule has 2 nitrogen and oxygen atoms in total. The lowest BCUT2D eigenvalue weighted by atomic mass is 10.6. The summed E-state index contributed by atoms with van der Waals surface area (Å²) in [6.07, 6.45) is 3.74. The minimum atomic E-state index is 0.851. The summed E-state index contributed by atoms with van der Waals surface area (Å²) in [5.74, 6) is 0.851. The van der Waals surface area contributed by atoms with Crippen molar-refractivity contribution in [2.75, 3.05) is 0 Å². The van der Waals surface area contributed by atoms with Crippen molar-refractivity contribution in [2.24, 2.45) is 0 Å². The van der Waals surface area contributed by atoms with Crippen molar-refractivity contribution in [1.82, 2.24) is 9.97 Å². The van der Waals surface area contributed by atoms with Crippen LogP contribution in [0.5, 0.6) is 0 Å². The second-order valence-electron chi connectivity index (χ2n) is 1.81. The molecule has 1 rings (SSSR count). The van der Waals surface area contributed by atoms with Crippen molar-refractivity contribution < 1.29 is 0 Å². The number of rotatable bonds is 0. The van der Waals surface area contributed by atoms with Crippen LogP contribution in [0.25, 0.3) is 0 Å². The van der Waals surface area contributed by atoms with Crippen molar-refractivity contribution in [3.63, 3.8) is 0 Å². The van der Waals surface area contributed by atoms with E-state index in [1.54, 1.807) is 0 Å². The summed E-state index contributed by atoms with van der Waals surface area (Å²) in [4.78, 5) is 8.00. The molecule has 0 saturated carbocycles. The van der Waals surface area contributed by atoms with Crippen LogP contribution < -0.4 is 4.43 Å². The maximum atomic E-state index is 4.00. The zero-order chi connectivity index (χ0) is 5.98. The summed E-state index contributed by atoms with van der Waals surface area (Å²) >= 11 is 1.05. The van der Waals surface area contributed by atoms with Gasteiger partial charge in [0.05, 0.1) is 0 Å². The Labute approximate surface area is 56.4 Å². The number of aryl methyl sites for hydroxylation is 1. The van der Waals surface area contributed by atoms with Crippen LogP contribution in [0.4, 0.5) is 0 Å². The van der Waals surface area contributed by atoms with E-state index in [4.69, 9.17) is 0 Å². The first kappa shape index (κ1) is 5.74. The molecule has 1 heterocycles. The van der Waals surface area contributed by atoms with Crippen LogP contribution in [0.2, 0.25) is 0 Å². The van der Waals surface area contributed by atoms with Gasteiger partial charge >= 0.3 is 0 Å². The minimum Gasteiger partial charge on any atom is -0.243 e. The fourth-order valence-electron chi connectivity index (χ4n) is 0.457. The van der Waals surface area contributed by atoms with Crippen molar-refractivity contribution in [1.29, 1.82) is 0 Å². The highest BCUT2D eigenvalue weighted by atomic mass is 27.0. The first-order valence-electron chi connectivity index (χ1n) is 2.54. The number of hydrogen-bond donors (Lipinski definition) is 0. The van der Waals surface area contributed by atoms with E-state index in [0.717, 1.165) is 22.1 Å². The molecule has 8 heavy (non-hydrogen) atoms. The van der Waals surface area contributed by atoms with Crippen LogP contribution in [0, 0.1) is 6.92 Å². The van der Waals surface area contributed by atoms with Gasteiger partial charge in [0.25, 0.3) is 16.3 Å². The minimum absolute atomic E-state index is 0.851. The lowest BCUT2D eigenvalue weighted by Gasteiger charge is -1.88. The first-order chi connectivity index (χ1) is 3.79. The van der Waals surface area contributed by atoms with Crippen LogP contribution in [-0.4, -0.2) is 26.3 Å². The maximum absolute atomic E-state index is 4.00. The SMILES string of the molecule is Cc1nc[c]([AlH2])cn1. The Morgan fingerprint density at radius 1 is 1.38 bits per heavy atom. The van der Waals surface area contributed by atoms with Gasteiger partial charge in [-0.1, -0.05) is 4.43 Å². The average Bonchev–Trinajstić information content (AvgIpc) is 1.77. The van der Waals surface area contributed by atoms with E-state index >= 15 is 0 Å². The molecule has 0 fully saturated rings. The fraction of sp³-hybridized carbons (Fsp3) is 0.200. The molecule has 3 heteroatoms. The quantitative estimate of drug-likeness (QED) is 0.414. The second-order valence-corrected chi connectivity index (χ2v) is 2.96. The van der Waals surface area contributed by atoms with E-state index in [0.29, 0.717) is 0 Å². The van der Waals surface area contributed by atoms with Gasteiger partial charge in [-0.2, -0.15) is 0 Å². The van der Waals surface area contributed by atoms with Crippen molar-refractivity contribution in [3.05, 3.63) is 18.2 Å². The summed E-state index contributed by atoms with van der Waals surface area (Å²) in [7, 11) is 0. The molecule has 0 unspecified atom stereocenters. The molecule has 1 aromatic rings. The van der Waals surface area contributed by atoms with Gasteiger partial charge in [-0.05, 0) is 6.92 Å². The maximum Gasteiger partial charge on any atom is 0.263 e. The molecule has 0 amide bonds. The van der Waals surface area contributed by atoms with E-state index in [1.165, 1.54) is 4.43 Å². The Morgan fingerprint density at radius 2 is 1.88 bits per heavy atom. The summed E-state index contributed by atoms with van der Waals surface area (Å²) in [5.41, 5.74) is 0. The highest BCUT2D eigenvalue weighted by Gasteiger charge is 1.82. The van der Waals surface area contributed by atoms with Crippen LogP contribution >= 0.6 is 0 Å². The van der Waals surface area contributed by atoms with Crippen molar-refractivity contribution in [2.45, 2.75) is 6.92 Å². The molecule has 1 aromatic heterocycles. The predicted molar refractivity (Wildman–Crippen MR) is 34.9 cm³/mol. The molecule has 0 bridgehead atoms. The van der Waals surface area contributed by atoms with Gasteiger partial charge in [0.2, 0.25) is 0 Å². The van der Waals surface area contributed by atoms with Gasteiger partial charge in [-0.3, -0.25) is 0 Å². The largest absolute Gasteiger partial charge is 0.263 e. The van der Waals surface area contributed by atoms with Gasteiger partial charge in [0.15, 0.2) is 0 Å². The van der Waals surface area contributed by atoms with Gasteiger partial charge < -0.3 is 0 Å². The topological polar surface area (TPSA) is 25.8 Å². The Kier molecular flexibility index (Phi) is 1.62. The van der Waals surface area contributed by atoms with Crippen LogP contribution in [0.3, 0.4) is 0 Å². The van der Waals surface area contributed by atoms with Gasteiger partial charge in [0.1, 0.15) is 5.82 Å². The van der Waals surface area contributed by atoms with E-state index < -0.39 is 0 Å². The zero-order valence-electron chi connectivity index (χ0n) is 5.05. The number of aromatic nitrogens is 2. The molecule has 0 spiro atoms. The van der Waals surface area contributed by atoms with E-state index in [-0.39, 0.29) is 0 Å². The summed E-state index contributed by atoms with van der Waals surface area (Å²) in [5, 5.41) is 0. The van der Waals surface area contributed by atoms with Gasteiger partial charge in [-0.15, -0.1) is 0 Å². The van der Waals surface area contributed by atoms with Gasteiger partial charge in [0, 0.05) is 12.4 Å². The Hall–Kier alpha value is -0.388. The molecule has 0 aliphatic rings. The molecule has 0 aromatic carbocycles. The van der Waals surface area contributed by atoms with Crippen molar-refractivity contribution >= 4 is 20.7 Å². The van der Waals surface area contributed by atoms with E-state index in [1.807, 2.05) is 19.3 Å².